The van der Waals surface area contributed by atoms with Crippen molar-refractivity contribution in [3.63, 3.8) is 0 Å². The Hall–Kier alpha value is -4.46. The van der Waals surface area contributed by atoms with Gasteiger partial charge in [-0.25, -0.2) is 0 Å². The van der Waals surface area contributed by atoms with Crippen LogP contribution in [0.25, 0.3) is 0 Å². The lowest BCUT2D eigenvalue weighted by Gasteiger charge is -2.53. The number of phenols is 2. The van der Waals surface area contributed by atoms with Crippen LogP contribution in [0.5, 0.6) is 11.5 Å². The van der Waals surface area contributed by atoms with Gasteiger partial charge in [-0.3, -0.25) is 29.0 Å². The normalized spacial score (nSPS) is 31.9. The Labute approximate surface area is 295 Å². The third kappa shape index (κ3) is 4.92. The summed E-state index contributed by atoms with van der Waals surface area (Å²) in [5, 5.41) is 79.4. The number of nitrogens with zero attached hydrogens (tertiary/aromatic N) is 1. The van der Waals surface area contributed by atoms with Gasteiger partial charge in [-0.05, 0) is 31.0 Å². The Kier molecular flexibility index (Phi) is 9.46. The smallest absolute Gasteiger partial charge is 0.255 e. The number of methoxy groups -OCH3 is 2. The van der Waals surface area contributed by atoms with Crippen LogP contribution in [0, 0.1) is 12.8 Å². The molecule has 1 amide bonds. The second-order valence-electron chi connectivity index (χ2n) is 13.3. The zero-order chi connectivity index (χ0) is 38.2. The molecule has 0 aromatic heterocycles. The summed E-state index contributed by atoms with van der Waals surface area (Å²) in [7, 11) is 2.24. The Balaban J connectivity index is 1.53. The summed E-state index contributed by atoms with van der Waals surface area (Å²) < 4.78 is 16.6. The van der Waals surface area contributed by atoms with Gasteiger partial charge < -0.3 is 55.3 Å². The van der Waals surface area contributed by atoms with Crippen LogP contribution < -0.4 is 5.32 Å². The lowest BCUT2D eigenvalue weighted by molar-refractivity contribution is -0.206. The number of aliphatic hydroxyl groups is 5. The first-order chi connectivity index (χ1) is 24.6. The molecule has 1 fully saturated rings. The van der Waals surface area contributed by atoms with Crippen molar-refractivity contribution in [3.05, 3.63) is 56.6 Å². The van der Waals surface area contributed by atoms with Gasteiger partial charge >= 0.3 is 0 Å². The van der Waals surface area contributed by atoms with Gasteiger partial charge in [0.05, 0.1) is 66.3 Å². The number of Topliss-reactive ketones (excluding diaryl/α,β-unsaturated/α-hetero) is 4. The Morgan fingerprint density at radius 2 is 1.73 bits per heavy atom. The van der Waals surface area contributed by atoms with Crippen molar-refractivity contribution < 1.29 is 73.9 Å². The first kappa shape index (κ1) is 37.3. The quantitative estimate of drug-likeness (QED) is 0.164. The molecule has 0 spiro atoms. The summed E-state index contributed by atoms with van der Waals surface area (Å²) >= 11 is 0. The molecule has 4 aliphatic rings. The molecule has 0 saturated carbocycles. The summed E-state index contributed by atoms with van der Waals surface area (Å²) in [6.45, 7) is 1.71. The molecule has 0 bridgehead atoms. The number of nitrogens with one attached hydrogen (secondary N) is 1. The van der Waals surface area contributed by atoms with Gasteiger partial charge in [-0.2, -0.15) is 0 Å². The number of carbonyl (C=O) groups excluding carboxylic acids is 5. The lowest BCUT2D eigenvalue weighted by Crippen LogP contribution is -2.73. The number of ketones is 4. The van der Waals surface area contributed by atoms with Crippen molar-refractivity contribution in [2.45, 2.75) is 68.5 Å². The van der Waals surface area contributed by atoms with Gasteiger partial charge in [0.15, 0.2) is 23.2 Å². The van der Waals surface area contributed by atoms with E-state index in [0.717, 1.165) is 13.2 Å². The van der Waals surface area contributed by atoms with E-state index in [1.165, 1.54) is 20.1 Å². The maximum Gasteiger partial charge on any atom is 0.255 e. The van der Waals surface area contributed by atoms with Crippen molar-refractivity contribution in [3.8, 4) is 11.5 Å². The molecule has 1 saturated heterocycles. The van der Waals surface area contributed by atoms with Crippen LogP contribution in [-0.2, 0) is 26.2 Å². The average molecular weight is 727 g/mol. The van der Waals surface area contributed by atoms with Crippen LogP contribution in [0.1, 0.15) is 81.8 Å². The number of aliphatic imine (C=N–C) groups is 1. The maximum atomic E-state index is 14.7. The van der Waals surface area contributed by atoms with Gasteiger partial charge in [0.2, 0.25) is 17.3 Å². The van der Waals surface area contributed by atoms with E-state index < -0.39 is 153 Å². The monoisotopic (exact) mass is 726 g/mol. The fraction of sp³-hybridized carbons (Fsp3) is 0.486. The van der Waals surface area contributed by atoms with E-state index in [2.05, 4.69) is 10.3 Å². The number of fused-ring (bicyclic) bond motifs is 5. The Morgan fingerprint density at radius 3 is 2.35 bits per heavy atom. The highest BCUT2D eigenvalue weighted by Gasteiger charge is 2.72. The highest BCUT2D eigenvalue weighted by Crippen LogP contribution is 2.56. The van der Waals surface area contributed by atoms with Crippen molar-refractivity contribution in [1.29, 1.82) is 0 Å². The van der Waals surface area contributed by atoms with E-state index in [4.69, 9.17) is 14.2 Å². The molecule has 1 heterocycles. The SMILES string of the molecule is CO[C@@H]1[C@@H](O)[C@@H](CO)[C@@H](N=C2CC(=O)c3c(cc4c(c3O)C(=O)[C@]3(OC)[C@H](O)Cc5cc(C)c(C(=O)NCCO)c(O)c5[C@]3(O)C4=O)C2=O)O[C@H]1C. The molecule has 6 rings (SSSR count). The van der Waals surface area contributed by atoms with Crippen LogP contribution in [0.4, 0.5) is 0 Å². The first-order valence-electron chi connectivity index (χ1n) is 16.4. The molecule has 0 unspecified atom stereocenters. The number of aryl methyl sites for hydroxylation is 1. The number of rotatable bonds is 7. The standard InChI is InChI=1S/C35H38N2O15/c1-12-7-14-8-20(41)35(51-4)31(47)23-16(30(46)34(35,49)24(14)28(45)21(12)32(48)36-5-6-38)9-15-22(27(23)44)19(40)10-18(25(15)42)37-33-17(11-39)26(43)29(50-3)13(2)52-33/h7,9,13,17,20,26,29,33,38-39,41,43-45,49H,5-6,8,10-11H2,1-4H3,(H,36,48)/t13-,17+,20+,26-,29-,33-,34-,35+/m0/s1. The maximum absolute atomic E-state index is 14.7. The summed E-state index contributed by atoms with van der Waals surface area (Å²) in [6.07, 6.45) is -7.35. The van der Waals surface area contributed by atoms with Crippen LogP contribution in [0.3, 0.4) is 0 Å². The highest BCUT2D eigenvalue weighted by molar-refractivity contribution is 6.53. The molecule has 17 nitrogen and oxygen atoms in total. The van der Waals surface area contributed by atoms with Crippen LogP contribution in [0.2, 0.25) is 0 Å². The van der Waals surface area contributed by atoms with E-state index in [9.17, 15) is 59.7 Å². The minimum atomic E-state index is -3.27. The third-order valence-electron chi connectivity index (χ3n) is 10.6. The summed E-state index contributed by atoms with van der Waals surface area (Å²) in [4.78, 5) is 74.0. The number of aliphatic hydroxyl groups excluding tert-OH is 4. The van der Waals surface area contributed by atoms with E-state index in [0.29, 0.717) is 0 Å². The fourth-order valence-electron chi connectivity index (χ4n) is 8.13. The topological polar surface area (TPSA) is 279 Å². The molecule has 8 N–H and O–H groups in total. The second kappa shape index (κ2) is 13.2. The number of benzene rings is 2. The van der Waals surface area contributed by atoms with Gasteiger partial charge in [0.1, 0.15) is 17.6 Å². The number of aromatic hydroxyl groups is 2. The van der Waals surface area contributed by atoms with E-state index >= 15 is 0 Å². The van der Waals surface area contributed by atoms with Gasteiger partial charge in [-0.15, -0.1) is 0 Å². The van der Waals surface area contributed by atoms with E-state index in [1.54, 1.807) is 6.92 Å². The first-order valence-corrected chi connectivity index (χ1v) is 16.4. The summed E-state index contributed by atoms with van der Waals surface area (Å²) in [6, 6.07) is 2.15. The third-order valence-corrected chi connectivity index (χ3v) is 10.6. The molecular formula is C35H38N2O15. The number of phenolic OH excluding ortho intramolecular Hbond substituents is 2. The Morgan fingerprint density at radius 1 is 1.04 bits per heavy atom. The minimum Gasteiger partial charge on any atom is -0.507 e. The molecule has 3 aliphatic carbocycles. The number of carbonyl (C=O) groups is 5. The molecule has 17 heteroatoms. The fourth-order valence-corrected chi connectivity index (χ4v) is 8.13. The van der Waals surface area contributed by atoms with Gasteiger partial charge in [0.25, 0.3) is 5.91 Å². The second-order valence-corrected chi connectivity index (χ2v) is 13.3. The number of ether oxygens (including phenoxy) is 3. The average Bonchev–Trinajstić information content (AvgIpc) is 3.08. The molecule has 2 aromatic carbocycles. The molecule has 0 radical (unpaired) electrons. The van der Waals surface area contributed by atoms with E-state index in [1.807, 2.05) is 0 Å². The largest absolute Gasteiger partial charge is 0.507 e. The summed E-state index contributed by atoms with van der Waals surface area (Å²) in [5.41, 5.74) is -10.3. The molecule has 8 atom stereocenters. The lowest BCUT2D eigenvalue weighted by atomic mass is 9.56. The molecule has 278 valence electrons. The van der Waals surface area contributed by atoms with Crippen LogP contribution in [-0.4, -0.2) is 141 Å². The zero-order valence-electron chi connectivity index (χ0n) is 28.5. The molecule has 52 heavy (non-hydrogen) atoms. The van der Waals surface area contributed by atoms with Crippen LogP contribution in [0.15, 0.2) is 17.1 Å². The predicted molar refractivity (Wildman–Crippen MR) is 175 cm³/mol. The zero-order valence-corrected chi connectivity index (χ0v) is 28.5. The van der Waals surface area contributed by atoms with Crippen molar-refractivity contribution >= 4 is 34.8 Å². The van der Waals surface area contributed by atoms with Crippen molar-refractivity contribution in [1.82, 2.24) is 5.32 Å². The highest BCUT2D eigenvalue weighted by atomic mass is 16.6. The number of hydrogen-bond acceptors (Lipinski definition) is 16. The molecule has 2 aromatic rings. The van der Waals surface area contributed by atoms with E-state index in [-0.39, 0.29) is 17.7 Å². The van der Waals surface area contributed by atoms with Crippen LogP contribution >= 0.6 is 0 Å². The predicted octanol–water partition coefficient (Wildman–Crippen LogP) is -1.36. The number of amides is 1. The molecule has 1 aliphatic heterocycles. The number of hydrogen-bond donors (Lipinski definition) is 8. The minimum absolute atomic E-state index is 0.0260. The van der Waals surface area contributed by atoms with Crippen molar-refractivity contribution in [2.75, 3.05) is 34.0 Å². The van der Waals surface area contributed by atoms with Gasteiger partial charge in [-0.1, -0.05) is 6.07 Å². The van der Waals surface area contributed by atoms with Crippen molar-refractivity contribution in [2.24, 2.45) is 10.9 Å². The Bertz CT molecular complexity index is 1960. The molecular weight excluding hydrogens is 688 g/mol. The van der Waals surface area contributed by atoms with Gasteiger partial charge in [0, 0.05) is 43.9 Å². The summed E-state index contributed by atoms with van der Waals surface area (Å²) in [5.74, 6) is -8.65.